The number of H-pyrrole nitrogens is 2. The van der Waals surface area contributed by atoms with E-state index < -0.39 is 0 Å². The minimum Gasteiger partial charge on any atom is -0.352 e. The molecule has 0 atom stereocenters. The van der Waals surface area contributed by atoms with Gasteiger partial charge in [-0.05, 0) is 25.1 Å². The molecule has 7 rings (SSSR count). The zero-order valence-corrected chi connectivity index (χ0v) is 18.8. The van der Waals surface area contributed by atoms with E-state index in [1.54, 1.807) is 24.8 Å². The number of imidazole rings is 1. The van der Waals surface area contributed by atoms with Crippen molar-refractivity contribution in [2.75, 3.05) is 18.0 Å². The highest BCUT2D eigenvalue weighted by molar-refractivity contribution is 5.97. The summed E-state index contributed by atoms with van der Waals surface area (Å²) in [6, 6.07) is 6.22. The van der Waals surface area contributed by atoms with Crippen LogP contribution in [0, 0.1) is 6.92 Å². The van der Waals surface area contributed by atoms with Crippen LogP contribution < -0.4 is 10.6 Å². The van der Waals surface area contributed by atoms with E-state index in [2.05, 4.69) is 46.1 Å². The first-order valence-electron chi connectivity index (χ1n) is 11.3. The number of rotatable bonds is 4. The van der Waals surface area contributed by atoms with Crippen molar-refractivity contribution in [2.45, 2.75) is 13.0 Å². The smallest absolute Gasteiger partial charge is 0.147 e. The van der Waals surface area contributed by atoms with Gasteiger partial charge in [0.25, 0.3) is 0 Å². The molecule has 0 radical (unpaired) electrons. The maximum Gasteiger partial charge on any atom is 0.147 e. The molecular formula is C24H21N11. The third-order valence-electron chi connectivity index (χ3n) is 6.32. The van der Waals surface area contributed by atoms with Crippen molar-refractivity contribution in [3.63, 3.8) is 0 Å². The molecule has 11 heteroatoms. The predicted octanol–water partition coefficient (Wildman–Crippen LogP) is 2.60. The molecule has 0 spiro atoms. The molecule has 1 fully saturated rings. The summed E-state index contributed by atoms with van der Waals surface area (Å²) in [5, 5.41) is 9.58. The topological polar surface area (TPSA) is 143 Å². The van der Waals surface area contributed by atoms with Crippen LogP contribution in [0.3, 0.4) is 0 Å². The Morgan fingerprint density at radius 1 is 1.03 bits per heavy atom. The van der Waals surface area contributed by atoms with E-state index in [1.165, 1.54) is 0 Å². The lowest BCUT2D eigenvalue weighted by Gasteiger charge is -2.37. The van der Waals surface area contributed by atoms with Gasteiger partial charge in [0, 0.05) is 42.3 Å². The van der Waals surface area contributed by atoms with Crippen molar-refractivity contribution in [1.29, 1.82) is 0 Å². The Morgan fingerprint density at radius 2 is 1.94 bits per heavy atom. The monoisotopic (exact) mass is 463 g/mol. The van der Waals surface area contributed by atoms with Crippen molar-refractivity contribution < 1.29 is 0 Å². The highest BCUT2D eigenvalue weighted by atomic mass is 15.3. The zero-order valence-electron chi connectivity index (χ0n) is 18.8. The van der Waals surface area contributed by atoms with Gasteiger partial charge in [-0.3, -0.25) is 15.1 Å². The summed E-state index contributed by atoms with van der Waals surface area (Å²) in [5.74, 6) is 0.808. The van der Waals surface area contributed by atoms with Gasteiger partial charge in [-0.15, -0.1) is 0 Å². The highest BCUT2D eigenvalue weighted by Gasteiger charge is 2.25. The average molecular weight is 464 g/mol. The molecule has 1 saturated heterocycles. The quantitative estimate of drug-likeness (QED) is 0.362. The largest absolute Gasteiger partial charge is 0.352 e. The van der Waals surface area contributed by atoms with Gasteiger partial charge in [0.1, 0.15) is 22.9 Å². The van der Waals surface area contributed by atoms with E-state index >= 15 is 0 Å². The Bertz CT molecular complexity index is 1700. The molecule has 0 amide bonds. The van der Waals surface area contributed by atoms with Crippen LogP contribution in [0.15, 0.2) is 55.5 Å². The second kappa shape index (κ2) is 7.43. The maximum absolute atomic E-state index is 5.92. The molecule has 1 aliphatic heterocycles. The molecule has 0 bridgehead atoms. The number of nitrogens with two attached hydrogens (primary N) is 1. The summed E-state index contributed by atoms with van der Waals surface area (Å²) in [5.41, 5.74) is 12.6. The first-order chi connectivity index (χ1) is 17.1. The standard InChI is InChI=1S/C24H21N11/c1-13-9-35(12-29-13)21-2-3-27-24-16(21)5-18(31-24)23-15-4-17(28-7-19(15)32-33-23)20-6-26-8-22(30-20)34-10-14(25)11-34/h2-9,12,14H,10-11,25H2,1H3,(H,27,31)(H,32,33). The van der Waals surface area contributed by atoms with Gasteiger partial charge >= 0.3 is 0 Å². The van der Waals surface area contributed by atoms with Gasteiger partial charge in [-0.25, -0.2) is 15.0 Å². The van der Waals surface area contributed by atoms with Crippen LogP contribution in [0.25, 0.3) is 50.4 Å². The van der Waals surface area contributed by atoms with Crippen LogP contribution in [0.1, 0.15) is 5.69 Å². The van der Waals surface area contributed by atoms with Crippen molar-refractivity contribution in [2.24, 2.45) is 5.73 Å². The van der Waals surface area contributed by atoms with Gasteiger partial charge in [0.2, 0.25) is 0 Å². The summed E-state index contributed by atoms with van der Waals surface area (Å²) < 4.78 is 2.00. The summed E-state index contributed by atoms with van der Waals surface area (Å²) >= 11 is 0. The molecule has 1 aliphatic rings. The number of nitrogens with one attached hydrogen (secondary N) is 2. The Balaban J connectivity index is 1.31. The average Bonchev–Trinajstić information content (AvgIpc) is 3.59. The minimum atomic E-state index is 0.188. The number of hydrogen-bond donors (Lipinski definition) is 3. The van der Waals surface area contributed by atoms with Crippen molar-refractivity contribution >= 4 is 27.8 Å². The third kappa shape index (κ3) is 3.24. The maximum atomic E-state index is 5.92. The fourth-order valence-corrected chi connectivity index (χ4v) is 4.51. The number of pyridine rings is 2. The Labute approximate surface area is 199 Å². The van der Waals surface area contributed by atoms with E-state index in [-0.39, 0.29) is 6.04 Å². The summed E-state index contributed by atoms with van der Waals surface area (Å²) in [6.45, 7) is 3.54. The van der Waals surface area contributed by atoms with Crippen LogP contribution in [-0.2, 0) is 0 Å². The lowest BCUT2D eigenvalue weighted by Crippen LogP contribution is -2.56. The molecule has 11 nitrogen and oxygen atoms in total. The van der Waals surface area contributed by atoms with Crippen LogP contribution >= 0.6 is 0 Å². The van der Waals surface area contributed by atoms with E-state index in [1.807, 2.05) is 36.1 Å². The molecule has 0 aromatic carbocycles. The van der Waals surface area contributed by atoms with Crippen LogP contribution in [0.4, 0.5) is 5.82 Å². The molecule has 0 unspecified atom stereocenters. The van der Waals surface area contributed by atoms with Gasteiger partial charge in [0.15, 0.2) is 0 Å². The number of anilines is 1. The lowest BCUT2D eigenvalue weighted by atomic mass is 10.1. The first kappa shape index (κ1) is 19.8. The SMILES string of the molecule is Cc1cn(-c2ccnc3[nH]c(-c4n[nH]c5cnc(-c6cncc(N7CC(N)C7)n6)cc45)cc23)cn1. The Hall–Kier alpha value is -4.64. The molecule has 35 heavy (non-hydrogen) atoms. The van der Waals surface area contributed by atoms with Crippen LogP contribution in [-0.4, -0.2) is 63.8 Å². The molecule has 7 heterocycles. The van der Waals surface area contributed by atoms with Crippen molar-refractivity contribution in [1.82, 2.24) is 44.7 Å². The zero-order chi connectivity index (χ0) is 23.5. The van der Waals surface area contributed by atoms with E-state index in [0.717, 1.165) is 69.3 Å². The van der Waals surface area contributed by atoms with Gasteiger partial charge in [-0.1, -0.05) is 0 Å². The first-order valence-corrected chi connectivity index (χ1v) is 11.3. The third-order valence-corrected chi connectivity index (χ3v) is 6.32. The summed E-state index contributed by atoms with van der Waals surface area (Å²) in [4.78, 5) is 28.1. The Kier molecular flexibility index (Phi) is 4.20. The lowest BCUT2D eigenvalue weighted by molar-refractivity contribution is 0.514. The van der Waals surface area contributed by atoms with Gasteiger partial charge in [-0.2, -0.15) is 5.10 Å². The number of nitrogens with zero attached hydrogens (tertiary/aromatic N) is 8. The summed E-state index contributed by atoms with van der Waals surface area (Å²) in [7, 11) is 0. The van der Waals surface area contributed by atoms with Gasteiger partial charge < -0.3 is 20.2 Å². The Morgan fingerprint density at radius 3 is 2.77 bits per heavy atom. The summed E-state index contributed by atoms with van der Waals surface area (Å²) in [6.07, 6.45) is 10.8. The predicted molar refractivity (Wildman–Crippen MR) is 132 cm³/mol. The number of aromatic nitrogens is 9. The molecule has 4 N–H and O–H groups in total. The normalized spacial score (nSPS) is 14.2. The number of fused-ring (bicyclic) bond motifs is 2. The fraction of sp³-hybridized carbons (Fsp3) is 0.167. The molecule has 0 saturated carbocycles. The molecule has 0 aliphatic carbocycles. The fourth-order valence-electron chi connectivity index (χ4n) is 4.51. The van der Waals surface area contributed by atoms with E-state index in [4.69, 9.17) is 10.7 Å². The minimum absolute atomic E-state index is 0.188. The molecule has 172 valence electrons. The van der Waals surface area contributed by atoms with Crippen LogP contribution in [0.5, 0.6) is 0 Å². The second-order valence-corrected chi connectivity index (χ2v) is 8.81. The van der Waals surface area contributed by atoms with Crippen molar-refractivity contribution in [3.8, 4) is 28.5 Å². The number of hydrogen-bond acceptors (Lipinski definition) is 8. The van der Waals surface area contributed by atoms with Crippen molar-refractivity contribution in [3.05, 3.63) is 61.2 Å². The molecular weight excluding hydrogens is 442 g/mol. The second-order valence-electron chi connectivity index (χ2n) is 8.81. The number of aryl methyl sites for hydroxylation is 1. The molecule has 6 aromatic rings. The molecule has 6 aromatic heterocycles. The van der Waals surface area contributed by atoms with E-state index in [0.29, 0.717) is 5.69 Å². The van der Waals surface area contributed by atoms with E-state index in [9.17, 15) is 0 Å². The number of aromatic amines is 2. The van der Waals surface area contributed by atoms with Gasteiger partial charge in [0.05, 0.1) is 53.2 Å². The van der Waals surface area contributed by atoms with Crippen LogP contribution in [0.2, 0.25) is 0 Å². The highest BCUT2D eigenvalue weighted by Crippen LogP contribution is 2.32.